The van der Waals surface area contributed by atoms with Crippen LogP contribution in [0.15, 0.2) is 22.9 Å². The van der Waals surface area contributed by atoms with Crippen molar-refractivity contribution in [3.8, 4) is 0 Å². The van der Waals surface area contributed by atoms with Gasteiger partial charge in [0.1, 0.15) is 10.8 Å². The van der Waals surface area contributed by atoms with Gasteiger partial charge in [-0.1, -0.05) is 11.4 Å². The predicted octanol–water partition coefficient (Wildman–Crippen LogP) is 2.77. The van der Waals surface area contributed by atoms with Crippen molar-refractivity contribution in [1.29, 1.82) is 0 Å². The van der Waals surface area contributed by atoms with Crippen LogP contribution in [0.3, 0.4) is 0 Å². The molecule has 0 aliphatic heterocycles. The van der Waals surface area contributed by atoms with Crippen LogP contribution in [-0.4, -0.2) is 27.0 Å². The van der Waals surface area contributed by atoms with Gasteiger partial charge in [0.05, 0.1) is 11.8 Å². The van der Waals surface area contributed by atoms with Crippen molar-refractivity contribution in [3.63, 3.8) is 0 Å². The molecule has 8 heteroatoms. The third kappa shape index (κ3) is 3.71. The standard InChI is InChI=1S/C11H12BrN5OS/c1-2-3-13-10-8(4-7(12)5-14-10)11(18)16-9-6-15-17-19-9/h4-6H,2-3H2,1H3,(H,13,14)(H,16,18). The van der Waals surface area contributed by atoms with Gasteiger partial charge in [-0.05, 0) is 28.4 Å². The number of aromatic nitrogens is 3. The Balaban J connectivity index is 2.21. The van der Waals surface area contributed by atoms with Gasteiger partial charge in [-0.2, -0.15) is 0 Å². The fourth-order valence-electron chi connectivity index (χ4n) is 1.40. The van der Waals surface area contributed by atoms with Crippen LogP contribution in [0.2, 0.25) is 0 Å². The molecule has 2 N–H and O–H groups in total. The molecule has 2 aromatic heterocycles. The number of carbonyl (C=O) groups excluding carboxylic acids is 1. The van der Waals surface area contributed by atoms with Crippen LogP contribution >= 0.6 is 27.5 Å². The first-order chi connectivity index (χ1) is 9.20. The lowest BCUT2D eigenvalue weighted by Gasteiger charge is -2.10. The van der Waals surface area contributed by atoms with Crippen molar-refractivity contribution in [2.45, 2.75) is 13.3 Å². The Morgan fingerprint density at radius 2 is 2.32 bits per heavy atom. The molecular weight excluding hydrogens is 330 g/mol. The second kappa shape index (κ2) is 6.58. The second-order valence-corrected chi connectivity index (χ2v) is 5.41. The zero-order valence-corrected chi connectivity index (χ0v) is 12.6. The van der Waals surface area contributed by atoms with Crippen molar-refractivity contribution in [3.05, 3.63) is 28.5 Å². The van der Waals surface area contributed by atoms with Crippen LogP contribution in [0.25, 0.3) is 0 Å². The molecule has 2 heterocycles. The lowest BCUT2D eigenvalue weighted by atomic mass is 10.2. The molecule has 0 bridgehead atoms. The van der Waals surface area contributed by atoms with Crippen LogP contribution in [0.5, 0.6) is 0 Å². The fourth-order valence-corrected chi connectivity index (χ4v) is 2.14. The quantitative estimate of drug-likeness (QED) is 0.873. The molecule has 2 aromatic rings. The van der Waals surface area contributed by atoms with E-state index in [1.165, 1.54) is 6.20 Å². The van der Waals surface area contributed by atoms with Gasteiger partial charge >= 0.3 is 0 Å². The number of amides is 1. The molecule has 0 aliphatic carbocycles. The minimum Gasteiger partial charge on any atom is -0.369 e. The zero-order chi connectivity index (χ0) is 13.7. The fraction of sp³-hybridized carbons (Fsp3) is 0.273. The molecule has 100 valence electrons. The summed E-state index contributed by atoms with van der Waals surface area (Å²) in [7, 11) is 0. The van der Waals surface area contributed by atoms with E-state index in [0.717, 1.165) is 29.0 Å². The highest BCUT2D eigenvalue weighted by molar-refractivity contribution is 9.10. The average molecular weight is 342 g/mol. The molecule has 19 heavy (non-hydrogen) atoms. The highest BCUT2D eigenvalue weighted by Gasteiger charge is 2.14. The van der Waals surface area contributed by atoms with Crippen LogP contribution in [0.1, 0.15) is 23.7 Å². The lowest BCUT2D eigenvalue weighted by molar-refractivity contribution is 0.102. The number of carbonyl (C=O) groups is 1. The largest absolute Gasteiger partial charge is 0.369 e. The van der Waals surface area contributed by atoms with Gasteiger partial charge in [-0.15, -0.1) is 5.10 Å². The third-order valence-corrected chi connectivity index (χ3v) is 3.25. The molecule has 0 aromatic carbocycles. The maximum Gasteiger partial charge on any atom is 0.260 e. The van der Waals surface area contributed by atoms with Crippen molar-refractivity contribution >= 4 is 44.2 Å². The summed E-state index contributed by atoms with van der Waals surface area (Å²) in [6.45, 7) is 2.81. The van der Waals surface area contributed by atoms with Crippen molar-refractivity contribution in [2.24, 2.45) is 0 Å². The van der Waals surface area contributed by atoms with Crippen LogP contribution in [0, 0.1) is 0 Å². The van der Waals surface area contributed by atoms with E-state index in [1.54, 1.807) is 12.3 Å². The van der Waals surface area contributed by atoms with Gasteiger partial charge < -0.3 is 10.6 Å². The Morgan fingerprint density at radius 3 is 3.00 bits per heavy atom. The van der Waals surface area contributed by atoms with E-state index in [1.807, 2.05) is 0 Å². The monoisotopic (exact) mass is 341 g/mol. The Labute approximate surface area is 122 Å². The summed E-state index contributed by atoms with van der Waals surface area (Å²) < 4.78 is 4.45. The Morgan fingerprint density at radius 1 is 1.47 bits per heavy atom. The SMILES string of the molecule is CCCNc1ncc(Br)cc1C(=O)Nc1cnns1. The van der Waals surface area contributed by atoms with Crippen LogP contribution in [-0.2, 0) is 0 Å². The summed E-state index contributed by atoms with van der Waals surface area (Å²) >= 11 is 4.45. The van der Waals surface area contributed by atoms with Gasteiger partial charge in [-0.25, -0.2) is 4.98 Å². The molecule has 0 spiro atoms. The highest BCUT2D eigenvalue weighted by Crippen LogP contribution is 2.20. The number of hydrogen-bond acceptors (Lipinski definition) is 6. The Kier molecular flexibility index (Phi) is 4.80. The van der Waals surface area contributed by atoms with Crippen LogP contribution in [0.4, 0.5) is 10.8 Å². The van der Waals surface area contributed by atoms with E-state index in [2.05, 4.69) is 48.1 Å². The molecule has 0 atom stereocenters. The number of hydrogen-bond donors (Lipinski definition) is 2. The van der Waals surface area contributed by atoms with Crippen molar-refractivity contribution < 1.29 is 4.79 Å². The van der Waals surface area contributed by atoms with E-state index < -0.39 is 0 Å². The topological polar surface area (TPSA) is 79.8 Å². The number of rotatable bonds is 5. The Hall–Kier alpha value is -1.54. The summed E-state index contributed by atoms with van der Waals surface area (Å²) in [5, 5.41) is 10.1. The van der Waals surface area contributed by atoms with Gasteiger partial charge in [0, 0.05) is 28.7 Å². The van der Waals surface area contributed by atoms with E-state index in [9.17, 15) is 4.79 Å². The van der Waals surface area contributed by atoms with Gasteiger partial charge in [0.25, 0.3) is 5.91 Å². The van der Waals surface area contributed by atoms with E-state index in [-0.39, 0.29) is 5.91 Å². The Bertz CT molecular complexity index is 560. The van der Waals surface area contributed by atoms with Crippen molar-refractivity contribution in [2.75, 3.05) is 17.2 Å². The van der Waals surface area contributed by atoms with Gasteiger partial charge in [-0.3, -0.25) is 4.79 Å². The predicted molar refractivity (Wildman–Crippen MR) is 78.6 cm³/mol. The summed E-state index contributed by atoms with van der Waals surface area (Å²) in [6.07, 6.45) is 4.12. The molecule has 0 aliphatic rings. The maximum atomic E-state index is 12.2. The molecule has 6 nitrogen and oxygen atoms in total. The summed E-state index contributed by atoms with van der Waals surface area (Å²) in [4.78, 5) is 16.4. The van der Waals surface area contributed by atoms with Gasteiger partial charge in [0.15, 0.2) is 0 Å². The molecule has 2 rings (SSSR count). The first-order valence-electron chi connectivity index (χ1n) is 5.69. The minimum absolute atomic E-state index is 0.238. The first-order valence-corrected chi connectivity index (χ1v) is 7.25. The number of nitrogens with one attached hydrogen (secondary N) is 2. The number of nitrogens with zero attached hydrogens (tertiary/aromatic N) is 3. The molecule has 1 amide bonds. The smallest absolute Gasteiger partial charge is 0.260 e. The normalized spacial score (nSPS) is 10.2. The lowest BCUT2D eigenvalue weighted by Crippen LogP contribution is -2.15. The second-order valence-electron chi connectivity index (χ2n) is 3.71. The van der Waals surface area contributed by atoms with Gasteiger partial charge in [0.2, 0.25) is 0 Å². The zero-order valence-electron chi connectivity index (χ0n) is 10.2. The van der Waals surface area contributed by atoms with Crippen molar-refractivity contribution in [1.82, 2.24) is 14.6 Å². The van der Waals surface area contributed by atoms with E-state index >= 15 is 0 Å². The number of pyridine rings is 1. The molecule has 0 saturated carbocycles. The average Bonchev–Trinajstić information content (AvgIpc) is 2.90. The first kappa shape index (κ1) is 13.9. The molecule has 0 fully saturated rings. The molecular formula is C11H12BrN5OS. The summed E-state index contributed by atoms with van der Waals surface area (Å²) in [5.41, 5.74) is 0.483. The summed E-state index contributed by atoms with van der Waals surface area (Å²) in [5.74, 6) is 0.332. The third-order valence-electron chi connectivity index (χ3n) is 2.24. The van der Waals surface area contributed by atoms with E-state index in [4.69, 9.17) is 0 Å². The van der Waals surface area contributed by atoms with E-state index in [0.29, 0.717) is 16.4 Å². The highest BCUT2D eigenvalue weighted by atomic mass is 79.9. The number of anilines is 2. The van der Waals surface area contributed by atoms with Crippen LogP contribution < -0.4 is 10.6 Å². The number of halogens is 1. The molecule has 0 unspecified atom stereocenters. The summed E-state index contributed by atoms with van der Waals surface area (Å²) in [6, 6.07) is 1.73. The molecule has 0 radical (unpaired) electrons. The minimum atomic E-state index is -0.238. The molecule has 0 saturated heterocycles. The maximum absolute atomic E-state index is 12.2.